The summed E-state index contributed by atoms with van der Waals surface area (Å²) < 4.78 is 2.02. The number of nitrogens with one attached hydrogen (secondary N) is 1. The highest BCUT2D eigenvalue weighted by molar-refractivity contribution is 7.99. The first-order chi connectivity index (χ1) is 12.7. The van der Waals surface area contributed by atoms with Gasteiger partial charge in [-0.2, -0.15) is 0 Å². The maximum atomic E-state index is 12.3. The minimum absolute atomic E-state index is 0.0604. The Labute approximate surface area is 157 Å². The van der Waals surface area contributed by atoms with E-state index < -0.39 is 0 Å². The Morgan fingerprint density at radius 2 is 1.96 bits per heavy atom. The molecule has 134 valence electrons. The summed E-state index contributed by atoms with van der Waals surface area (Å²) in [5.41, 5.74) is 2.66. The lowest BCUT2D eigenvalue weighted by atomic mass is 10.2. The van der Waals surface area contributed by atoms with Crippen LogP contribution in [0.2, 0.25) is 0 Å². The van der Waals surface area contributed by atoms with Crippen molar-refractivity contribution in [2.45, 2.75) is 32.0 Å². The van der Waals surface area contributed by atoms with Crippen molar-refractivity contribution in [3.8, 4) is 11.5 Å². The lowest BCUT2D eigenvalue weighted by Gasteiger charge is -2.09. The number of benzene rings is 1. The summed E-state index contributed by atoms with van der Waals surface area (Å²) in [5.74, 6) is 0.947. The summed E-state index contributed by atoms with van der Waals surface area (Å²) in [6.07, 6.45) is 2.68. The van der Waals surface area contributed by atoms with Crippen LogP contribution in [0.5, 0.6) is 0 Å². The predicted molar refractivity (Wildman–Crippen MR) is 104 cm³/mol. The van der Waals surface area contributed by atoms with Crippen molar-refractivity contribution in [1.29, 1.82) is 0 Å². The summed E-state index contributed by atoms with van der Waals surface area (Å²) in [6, 6.07) is 13.4. The summed E-state index contributed by atoms with van der Waals surface area (Å²) >= 11 is 1.39. The number of carbonyl (C=O) groups excluding carboxylic acids is 1. The Kier molecular flexibility index (Phi) is 6.01. The Balaban J connectivity index is 1.71. The molecule has 1 amide bonds. The molecule has 0 aliphatic carbocycles. The molecular formula is C19H21N5OS. The minimum Gasteiger partial charge on any atom is -0.325 e. The smallest absolute Gasteiger partial charge is 0.234 e. The Morgan fingerprint density at radius 3 is 2.69 bits per heavy atom. The van der Waals surface area contributed by atoms with Crippen molar-refractivity contribution in [1.82, 2.24) is 19.7 Å². The number of pyridine rings is 1. The number of nitrogens with zero attached hydrogens (tertiary/aromatic N) is 4. The summed E-state index contributed by atoms with van der Waals surface area (Å²) in [5, 5.41) is 12.2. The van der Waals surface area contributed by atoms with E-state index in [9.17, 15) is 4.79 Å². The van der Waals surface area contributed by atoms with Crippen molar-refractivity contribution in [3.63, 3.8) is 0 Å². The van der Waals surface area contributed by atoms with E-state index >= 15 is 0 Å². The van der Waals surface area contributed by atoms with Gasteiger partial charge in [-0.25, -0.2) is 0 Å². The van der Waals surface area contributed by atoms with Gasteiger partial charge in [0.05, 0.1) is 5.75 Å². The highest BCUT2D eigenvalue weighted by Gasteiger charge is 2.16. The average Bonchev–Trinajstić information content (AvgIpc) is 3.06. The molecular weight excluding hydrogens is 346 g/mol. The number of aryl methyl sites for hydroxylation is 1. The fourth-order valence-electron chi connectivity index (χ4n) is 2.53. The molecule has 0 bridgehead atoms. The molecule has 0 aliphatic rings. The predicted octanol–water partition coefficient (Wildman–Crippen LogP) is 3.79. The highest BCUT2D eigenvalue weighted by Crippen LogP contribution is 2.23. The number of carbonyl (C=O) groups is 1. The fraction of sp³-hybridized carbons (Fsp3) is 0.263. The molecule has 2 aromatic heterocycles. The zero-order chi connectivity index (χ0) is 18.4. The summed E-state index contributed by atoms with van der Waals surface area (Å²) in [6.45, 7) is 4.85. The first kappa shape index (κ1) is 18.1. The van der Waals surface area contributed by atoms with Crippen LogP contribution in [0.15, 0.2) is 53.8 Å². The third-order valence-corrected chi connectivity index (χ3v) is 4.78. The number of hydrogen-bond acceptors (Lipinski definition) is 5. The topological polar surface area (TPSA) is 72.7 Å². The van der Waals surface area contributed by atoms with Crippen molar-refractivity contribution >= 4 is 23.4 Å². The second kappa shape index (κ2) is 8.62. The van der Waals surface area contributed by atoms with E-state index in [1.165, 1.54) is 11.8 Å². The number of thioether (sulfide) groups is 1. The molecule has 3 rings (SSSR count). The largest absolute Gasteiger partial charge is 0.325 e. The number of anilines is 1. The number of amides is 1. The van der Waals surface area contributed by atoms with Gasteiger partial charge in [-0.05, 0) is 37.1 Å². The molecule has 2 heterocycles. The van der Waals surface area contributed by atoms with Gasteiger partial charge in [0, 0.05) is 18.4 Å². The molecule has 7 heteroatoms. The third kappa shape index (κ3) is 4.29. The zero-order valence-corrected chi connectivity index (χ0v) is 15.7. The zero-order valence-electron chi connectivity index (χ0n) is 14.8. The molecule has 0 fully saturated rings. The van der Waals surface area contributed by atoms with E-state index in [4.69, 9.17) is 0 Å². The molecule has 0 spiro atoms. The van der Waals surface area contributed by atoms with Crippen LogP contribution < -0.4 is 5.32 Å². The Bertz CT molecular complexity index is 879. The van der Waals surface area contributed by atoms with Crippen molar-refractivity contribution in [2.75, 3.05) is 11.1 Å². The van der Waals surface area contributed by atoms with Crippen LogP contribution >= 0.6 is 11.8 Å². The van der Waals surface area contributed by atoms with E-state index in [-0.39, 0.29) is 11.7 Å². The van der Waals surface area contributed by atoms with E-state index in [1.54, 1.807) is 6.20 Å². The molecule has 1 aromatic carbocycles. The van der Waals surface area contributed by atoms with Gasteiger partial charge in [-0.15, -0.1) is 10.2 Å². The molecule has 0 unspecified atom stereocenters. The lowest BCUT2D eigenvalue weighted by Crippen LogP contribution is -2.15. The van der Waals surface area contributed by atoms with Crippen molar-refractivity contribution in [2.24, 2.45) is 0 Å². The van der Waals surface area contributed by atoms with E-state index in [2.05, 4.69) is 27.4 Å². The molecule has 0 atom stereocenters. The quantitative estimate of drug-likeness (QED) is 0.643. The van der Waals surface area contributed by atoms with Crippen molar-refractivity contribution < 1.29 is 4.79 Å². The summed E-state index contributed by atoms with van der Waals surface area (Å²) in [7, 11) is 0. The third-order valence-electron chi connectivity index (χ3n) is 3.81. The van der Waals surface area contributed by atoms with Crippen LogP contribution in [-0.4, -0.2) is 31.4 Å². The van der Waals surface area contributed by atoms with Gasteiger partial charge in [-0.3, -0.25) is 9.78 Å². The van der Waals surface area contributed by atoms with Crippen LogP contribution in [0.3, 0.4) is 0 Å². The van der Waals surface area contributed by atoms with Gasteiger partial charge >= 0.3 is 0 Å². The van der Waals surface area contributed by atoms with Gasteiger partial charge in [0.1, 0.15) is 5.69 Å². The van der Waals surface area contributed by atoms with Gasteiger partial charge in [0.25, 0.3) is 0 Å². The van der Waals surface area contributed by atoms with Gasteiger partial charge < -0.3 is 9.88 Å². The molecule has 0 saturated heterocycles. The first-order valence-corrected chi connectivity index (χ1v) is 9.50. The Morgan fingerprint density at radius 1 is 1.15 bits per heavy atom. The lowest BCUT2D eigenvalue weighted by molar-refractivity contribution is -0.113. The minimum atomic E-state index is -0.0604. The fourth-order valence-corrected chi connectivity index (χ4v) is 3.30. The van der Waals surface area contributed by atoms with Crippen LogP contribution in [0.4, 0.5) is 5.69 Å². The van der Waals surface area contributed by atoms with Crippen LogP contribution in [0, 0.1) is 6.92 Å². The standard InChI is InChI=1S/C19H21N5OS/c1-3-12-24-18(16-10-6-7-11-20-16)22-23-19(24)26-13-17(25)21-15-9-5-4-8-14(15)2/h4-11H,3,12-13H2,1-2H3,(H,21,25). The molecule has 0 aliphatic heterocycles. The first-order valence-electron chi connectivity index (χ1n) is 8.52. The van der Waals surface area contributed by atoms with Gasteiger partial charge in [-0.1, -0.05) is 43.0 Å². The SMILES string of the molecule is CCCn1c(SCC(=O)Nc2ccccc2C)nnc1-c1ccccn1. The molecule has 3 aromatic rings. The second-order valence-electron chi connectivity index (χ2n) is 5.82. The molecule has 0 saturated carbocycles. The van der Waals surface area contributed by atoms with E-state index in [1.807, 2.05) is 54.0 Å². The highest BCUT2D eigenvalue weighted by atomic mass is 32.2. The molecule has 1 N–H and O–H groups in total. The van der Waals surface area contributed by atoms with Crippen molar-refractivity contribution in [3.05, 3.63) is 54.2 Å². The number of aromatic nitrogens is 4. The molecule has 0 radical (unpaired) electrons. The number of rotatable bonds is 7. The maximum Gasteiger partial charge on any atom is 0.234 e. The molecule has 26 heavy (non-hydrogen) atoms. The average molecular weight is 367 g/mol. The van der Waals surface area contributed by atoms with Crippen LogP contribution in [-0.2, 0) is 11.3 Å². The van der Waals surface area contributed by atoms with E-state index in [0.29, 0.717) is 0 Å². The number of para-hydroxylation sites is 1. The Hall–Kier alpha value is -2.67. The van der Waals surface area contributed by atoms with Gasteiger partial charge in [0.2, 0.25) is 5.91 Å². The summed E-state index contributed by atoms with van der Waals surface area (Å²) in [4.78, 5) is 16.6. The second-order valence-corrected chi connectivity index (χ2v) is 6.77. The number of hydrogen-bond donors (Lipinski definition) is 1. The monoisotopic (exact) mass is 367 g/mol. The normalized spacial score (nSPS) is 10.7. The maximum absolute atomic E-state index is 12.3. The molecule has 6 nitrogen and oxygen atoms in total. The van der Waals surface area contributed by atoms with E-state index in [0.717, 1.165) is 40.9 Å². The van der Waals surface area contributed by atoms with Gasteiger partial charge in [0.15, 0.2) is 11.0 Å². The van der Waals surface area contributed by atoms with Crippen LogP contribution in [0.1, 0.15) is 18.9 Å². The van der Waals surface area contributed by atoms with Crippen LogP contribution in [0.25, 0.3) is 11.5 Å².